The molecule has 2 aromatic carbocycles. The molecule has 0 aliphatic carbocycles. The topological polar surface area (TPSA) is 44.8 Å². The third-order valence-corrected chi connectivity index (χ3v) is 4.36. The maximum atomic E-state index is 13.9. The first-order chi connectivity index (χ1) is 12.1. The molecule has 1 heterocycles. The lowest BCUT2D eigenvalue weighted by Gasteiger charge is -2.36. The first-order valence-electron chi connectivity index (χ1n) is 8.28. The summed E-state index contributed by atoms with van der Waals surface area (Å²) in [7, 11) is 1.58. The zero-order valence-electron chi connectivity index (χ0n) is 14.5. The van der Waals surface area contributed by atoms with Gasteiger partial charge in [-0.25, -0.2) is 9.18 Å². The molecule has 0 saturated carbocycles. The number of amides is 2. The van der Waals surface area contributed by atoms with Crippen LogP contribution in [0.3, 0.4) is 0 Å². The molecular weight excluding hydrogens is 321 g/mol. The monoisotopic (exact) mass is 343 g/mol. The second-order valence-electron chi connectivity index (χ2n) is 6.06. The smallest absolute Gasteiger partial charge is 0.322 e. The van der Waals surface area contributed by atoms with Crippen LogP contribution in [-0.4, -0.2) is 44.2 Å². The van der Waals surface area contributed by atoms with Crippen LogP contribution in [0.4, 0.5) is 20.6 Å². The number of carbonyl (C=O) groups excluding carboxylic acids is 1. The molecule has 2 aromatic rings. The fraction of sp³-hybridized carbons (Fsp3) is 0.316. The van der Waals surface area contributed by atoms with Crippen molar-refractivity contribution in [1.82, 2.24) is 4.90 Å². The number of rotatable bonds is 3. The number of piperazine rings is 1. The van der Waals surface area contributed by atoms with Crippen molar-refractivity contribution in [2.24, 2.45) is 0 Å². The van der Waals surface area contributed by atoms with E-state index >= 15 is 0 Å². The Morgan fingerprint density at radius 3 is 2.52 bits per heavy atom. The van der Waals surface area contributed by atoms with Gasteiger partial charge >= 0.3 is 6.03 Å². The van der Waals surface area contributed by atoms with Crippen molar-refractivity contribution in [2.45, 2.75) is 6.92 Å². The number of halogens is 1. The normalized spacial score (nSPS) is 14.4. The zero-order valence-corrected chi connectivity index (χ0v) is 14.5. The molecular formula is C19H22FN3O2. The number of hydrogen-bond acceptors (Lipinski definition) is 3. The van der Waals surface area contributed by atoms with Crippen LogP contribution in [0.5, 0.6) is 5.75 Å². The highest BCUT2D eigenvalue weighted by Gasteiger charge is 2.23. The van der Waals surface area contributed by atoms with Gasteiger partial charge in [0.25, 0.3) is 0 Å². The quantitative estimate of drug-likeness (QED) is 0.928. The van der Waals surface area contributed by atoms with Gasteiger partial charge in [0.1, 0.15) is 11.6 Å². The van der Waals surface area contributed by atoms with Crippen LogP contribution < -0.4 is 15.0 Å². The number of para-hydroxylation sites is 1. The van der Waals surface area contributed by atoms with Gasteiger partial charge in [-0.15, -0.1) is 0 Å². The number of urea groups is 1. The number of carbonyl (C=O) groups is 1. The first kappa shape index (κ1) is 17.1. The van der Waals surface area contributed by atoms with Crippen LogP contribution in [0.15, 0.2) is 42.5 Å². The number of benzene rings is 2. The number of nitrogens with zero attached hydrogens (tertiary/aromatic N) is 2. The molecule has 5 nitrogen and oxygen atoms in total. The Morgan fingerprint density at radius 2 is 1.84 bits per heavy atom. The van der Waals surface area contributed by atoms with Gasteiger partial charge in [0.05, 0.1) is 18.5 Å². The number of ether oxygens (including phenoxy) is 1. The summed E-state index contributed by atoms with van der Waals surface area (Å²) in [5, 5.41) is 2.91. The molecule has 132 valence electrons. The highest BCUT2D eigenvalue weighted by Crippen LogP contribution is 2.26. The van der Waals surface area contributed by atoms with Crippen molar-refractivity contribution in [1.29, 1.82) is 0 Å². The van der Waals surface area contributed by atoms with E-state index in [9.17, 15) is 9.18 Å². The summed E-state index contributed by atoms with van der Waals surface area (Å²) in [6.07, 6.45) is 0. The average molecular weight is 343 g/mol. The van der Waals surface area contributed by atoms with Gasteiger partial charge < -0.3 is 19.9 Å². The molecule has 6 heteroatoms. The molecule has 0 radical (unpaired) electrons. The summed E-state index contributed by atoms with van der Waals surface area (Å²) in [4.78, 5) is 16.2. The molecule has 1 aliphatic heterocycles. The van der Waals surface area contributed by atoms with Crippen LogP contribution in [0.1, 0.15) is 5.56 Å². The highest BCUT2D eigenvalue weighted by atomic mass is 19.1. The van der Waals surface area contributed by atoms with E-state index in [1.807, 2.05) is 36.1 Å². The average Bonchev–Trinajstić information content (AvgIpc) is 2.62. The minimum Gasteiger partial charge on any atom is -0.495 e. The predicted octanol–water partition coefficient (Wildman–Crippen LogP) is 3.50. The lowest BCUT2D eigenvalue weighted by Crippen LogP contribution is -2.50. The second kappa shape index (κ2) is 7.42. The Morgan fingerprint density at radius 1 is 1.12 bits per heavy atom. The second-order valence-corrected chi connectivity index (χ2v) is 6.06. The first-order valence-corrected chi connectivity index (χ1v) is 8.28. The van der Waals surface area contributed by atoms with Crippen molar-refractivity contribution in [3.05, 3.63) is 53.8 Å². The van der Waals surface area contributed by atoms with E-state index < -0.39 is 0 Å². The molecule has 0 bridgehead atoms. The number of methoxy groups -OCH3 is 1. The Balaban J connectivity index is 1.62. The summed E-state index contributed by atoms with van der Waals surface area (Å²) in [6, 6.07) is 12.2. The van der Waals surface area contributed by atoms with E-state index in [-0.39, 0.29) is 11.8 Å². The third-order valence-electron chi connectivity index (χ3n) is 4.36. The summed E-state index contributed by atoms with van der Waals surface area (Å²) >= 11 is 0. The summed E-state index contributed by atoms with van der Waals surface area (Å²) in [6.45, 7) is 4.23. The molecule has 3 rings (SSSR count). The van der Waals surface area contributed by atoms with Crippen molar-refractivity contribution in [3.8, 4) is 5.75 Å². The molecule has 2 amide bonds. The van der Waals surface area contributed by atoms with Gasteiger partial charge in [0.2, 0.25) is 0 Å². The van der Waals surface area contributed by atoms with E-state index in [1.54, 1.807) is 24.1 Å². The maximum absolute atomic E-state index is 13.9. The molecule has 0 unspecified atom stereocenters. The van der Waals surface area contributed by atoms with Crippen molar-refractivity contribution in [3.63, 3.8) is 0 Å². The standard InChI is InChI=1S/C19H22FN3O2/c1-14-7-8-18(25-2)16(13-14)21-19(24)23-11-9-22(10-12-23)17-6-4-3-5-15(17)20/h3-8,13H,9-12H2,1-2H3,(H,21,24). The lowest BCUT2D eigenvalue weighted by molar-refractivity contribution is 0.208. The van der Waals surface area contributed by atoms with E-state index in [2.05, 4.69) is 5.32 Å². The summed E-state index contributed by atoms with van der Waals surface area (Å²) in [5.41, 5.74) is 2.28. The van der Waals surface area contributed by atoms with E-state index in [4.69, 9.17) is 4.74 Å². The van der Waals surface area contributed by atoms with Crippen molar-refractivity contribution >= 4 is 17.4 Å². The minimum atomic E-state index is -0.232. The van der Waals surface area contributed by atoms with Gasteiger partial charge in [0.15, 0.2) is 0 Å². The molecule has 1 fully saturated rings. The van der Waals surface area contributed by atoms with Gasteiger partial charge in [-0.3, -0.25) is 0 Å². The van der Waals surface area contributed by atoms with Crippen molar-refractivity contribution in [2.75, 3.05) is 43.5 Å². The van der Waals surface area contributed by atoms with Gasteiger partial charge in [0, 0.05) is 26.2 Å². The number of hydrogen-bond donors (Lipinski definition) is 1. The summed E-state index contributed by atoms with van der Waals surface area (Å²) in [5.74, 6) is 0.397. The Hall–Kier alpha value is -2.76. The van der Waals surface area contributed by atoms with Crippen LogP contribution >= 0.6 is 0 Å². The molecule has 0 atom stereocenters. The third kappa shape index (κ3) is 3.84. The molecule has 1 aliphatic rings. The van der Waals surface area contributed by atoms with Crippen LogP contribution in [-0.2, 0) is 0 Å². The van der Waals surface area contributed by atoms with E-state index in [1.165, 1.54) is 6.07 Å². The minimum absolute atomic E-state index is 0.169. The fourth-order valence-corrected chi connectivity index (χ4v) is 2.97. The largest absolute Gasteiger partial charge is 0.495 e. The van der Waals surface area contributed by atoms with E-state index in [0.29, 0.717) is 43.3 Å². The zero-order chi connectivity index (χ0) is 17.8. The summed E-state index contributed by atoms with van der Waals surface area (Å²) < 4.78 is 19.2. The Bertz CT molecular complexity index is 758. The van der Waals surface area contributed by atoms with Crippen LogP contribution in [0.25, 0.3) is 0 Å². The predicted molar refractivity (Wildman–Crippen MR) is 96.9 cm³/mol. The van der Waals surface area contributed by atoms with Crippen molar-refractivity contribution < 1.29 is 13.9 Å². The number of aryl methyl sites for hydroxylation is 1. The lowest BCUT2D eigenvalue weighted by atomic mass is 10.2. The van der Waals surface area contributed by atoms with Gasteiger partial charge in [-0.05, 0) is 36.8 Å². The number of anilines is 2. The maximum Gasteiger partial charge on any atom is 0.322 e. The van der Waals surface area contributed by atoms with Crippen LogP contribution in [0, 0.1) is 12.7 Å². The van der Waals surface area contributed by atoms with Crippen LogP contribution in [0.2, 0.25) is 0 Å². The molecule has 1 saturated heterocycles. The Labute approximate surface area is 147 Å². The van der Waals surface area contributed by atoms with Gasteiger partial charge in [-0.1, -0.05) is 18.2 Å². The Kier molecular flexibility index (Phi) is 5.07. The molecule has 1 N–H and O–H groups in total. The molecule has 0 aromatic heterocycles. The molecule has 0 spiro atoms. The SMILES string of the molecule is COc1ccc(C)cc1NC(=O)N1CCN(c2ccccc2F)CC1. The highest BCUT2D eigenvalue weighted by molar-refractivity contribution is 5.91. The van der Waals surface area contributed by atoms with E-state index in [0.717, 1.165) is 5.56 Å². The fourth-order valence-electron chi connectivity index (χ4n) is 2.97. The number of nitrogens with one attached hydrogen (secondary N) is 1. The molecule has 25 heavy (non-hydrogen) atoms. The van der Waals surface area contributed by atoms with Gasteiger partial charge in [-0.2, -0.15) is 0 Å².